The molecule has 206 valence electrons. The molecule has 2 heterocycles. The first-order valence-electron chi connectivity index (χ1n) is 13.5. The molecule has 0 bridgehead atoms. The first kappa shape index (κ1) is 27.8. The lowest BCUT2D eigenvalue weighted by atomic mass is 10.00. The number of piperazine rings is 1. The van der Waals surface area contributed by atoms with Crippen LogP contribution in [0, 0.1) is 11.7 Å². The van der Waals surface area contributed by atoms with Crippen molar-refractivity contribution in [2.75, 3.05) is 37.8 Å². The van der Waals surface area contributed by atoms with E-state index in [9.17, 15) is 4.79 Å². The lowest BCUT2D eigenvalue weighted by molar-refractivity contribution is -0.136. The normalized spacial score (nSPS) is 14.1. The summed E-state index contributed by atoms with van der Waals surface area (Å²) in [6, 6.07) is 19.2. The smallest absolute Gasteiger partial charge is 0.225 e. The molecule has 1 aliphatic rings. The Balaban J connectivity index is 1.34. The van der Waals surface area contributed by atoms with Gasteiger partial charge in [-0.2, -0.15) is 0 Å². The average molecular weight is 556 g/mol. The molecule has 0 unspecified atom stereocenters. The monoisotopic (exact) mass is 555 g/mol. The van der Waals surface area contributed by atoms with Crippen LogP contribution in [0.1, 0.15) is 19.4 Å². The summed E-state index contributed by atoms with van der Waals surface area (Å²) in [7, 11) is 0. The summed E-state index contributed by atoms with van der Waals surface area (Å²) in [5.74, 6) is -0.0379. The molecule has 0 atom stereocenters. The van der Waals surface area contributed by atoms with Gasteiger partial charge in [0.05, 0.1) is 11.2 Å². The van der Waals surface area contributed by atoms with Crippen LogP contribution in [0.5, 0.6) is 0 Å². The number of halogens is 1. The van der Waals surface area contributed by atoms with Crippen molar-refractivity contribution in [3.05, 3.63) is 78.2 Å². The first-order valence-corrected chi connectivity index (χ1v) is 14.7. The van der Waals surface area contributed by atoms with E-state index >= 15 is 4.39 Å². The maximum absolute atomic E-state index is 15.4. The van der Waals surface area contributed by atoms with E-state index in [-0.39, 0.29) is 17.6 Å². The van der Waals surface area contributed by atoms with Crippen LogP contribution < -0.4 is 5.32 Å². The van der Waals surface area contributed by atoms with E-state index in [0.717, 1.165) is 57.1 Å². The summed E-state index contributed by atoms with van der Waals surface area (Å²) < 4.78 is 15.4. The van der Waals surface area contributed by atoms with Gasteiger partial charge in [0.2, 0.25) is 5.91 Å². The number of aromatic nitrogens is 1. The van der Waals surface area contributed by atoms with Gasteiger partial charge in [-0.3, -0.25) is 19.7 Å². The molecule has 0 saturated carbocycles. The van der Waals surface area contributed by atoms with Gasteiger partial charge in [-0.15, -0.1) is 11.8 Å². The number of nitrogens with zero attached hydrogens (tertiary/aromatic N) is 4. The van der Waals surface area contributed by atoms with Gasteiger partial charge in [-0.1, -0.05) is 32.0 Å². The maximum atomic E-state index is 15.4. The predicted octanol–water partition coefficient (Wildman–Crippen LogP) is 7.14. The summed E-state index contributed by atoms with van der Waals surface area (Å²) in [4.78, 5) is 26.2. The first-order chi connectivity index (χ1) is 19.4. The minimum Gasteiger partial charge on any atom is -0.355 e. The van der Waals surface area contributed by atoms with E-state index in [2.05, 4.69) is 26.9 Å². The molecule has 0 aliphatic carbocycles. The molecule has 40 heavy (non-hydrogen) atoms. The molecule has 1 N–H and O–H groups in total. The number of rotatable bonds is 8. The number of anilines is 2. The van der Waals surface area contributed by atoms with Crippen LogP contribution in [-0.4, -0.2) is 59.8 Å². The third-order valence-corrected chi connectivity index (χ3v) is 8.08. The van der Waals surface area contributed by atoms with Crippen LogP contribution in [0.3, 0.4) is 0 Å². The minimum absolute atomic E-state index is 0.0138. The molecule has 0 radical (unpaired) electrons. The molecule has 1 saturated heterocycles. The molecular formula is C32H34FN5OS. The molecule has 1 aromatic heterocycles. The number of benzene rings is 3. The maximum Gasteiger partial charge on any atom is 0.225 e. The highest BCUT2D eigenvalue weighted by atomic mass is 32.2. The van der Waals surface area contributed by atoms with Gasteiger partial charge in [0.15, 0.2) is 0 Å². The Hall–Kier alpha value is -3.75. The number of thioether (sulfide) groups is 1. The van der Waals surface area contributed by atoms with E-state index in [1.54, 1.807) is 24.0 Å². The number of amides is 1. The molecular weight excluding hydrogens is 521 g/mol. The Bertz CT molecular complexity index is 1550. The van der Waals surface area contributed by atoms with Crippen molar-refractivity contribution in [3.8, 4) is 11.1 Å². The quantitative estimate of drug-likeness (QED) is 0.185. The number of fused-ring (bicyclic) bond motifs is 1. The fraction of sp³-hybridized carbons (Fsp3) is 0.281. The number of pyridine rings is 1. The Labute approximate surface area is 239 Å². The second-order valence-electron chi connectivity index (χ2n) is 10.3. The fourth-order valence-electron chi connectivity index (χ4n) is 5.11. The lowest BCUT2D eigenvalue weighted by Gasteiger charge is -2.35. The second-order valence-corrected chi connectivity index (χ2v) is 11.2. The number of carbonyl (C=O) groups excluding carboxylic acids is 1. The van der Waals surface area contributed by atoms with Crippen LogP contribution in [0.25, 0.3) is 22.0 Å². The Morgan fingerprint density at radius 1 is 1.07 bits per heavy atom. The number of aliphatic imine (C=N–C) groups is 1. The largest absolute Gasteiger partial charge is 0.355 e. The fourth-order valence-corrected chi connectivity index (χ4v) is 5.65. The SMILES string of the molecule is C=Nc1cc(Nc2ccnc3ccc(-c4ccc(CN5CCN(C(=O)C(C)C)CC5)cc4F)cc23)ccc1SC. The van der Waals surface area contributed by atoms with Gasteiger partial charge in [0.1, 0.15) is 5.82 Å². The third-order valence-electron chi connectivity index (χ3n) is 7.30. The molecule has 1 aliphatic heterocycles. The molecule has 8 heteroatoms. The summed E-state index contributed by atoms with van der Waals surface area (Å²) in [6.07, 6.45) is 3.78. The van der Waals surface area contributed by atoms with Gasteiger partial charge in [-0.25, -0.2) is 4.39 Å². The topological polar surface area (TPSA) is 60.8 Å². The Kier molecular flexibility index (Phi) is 8.47. The zero-order chi connectivity index (χ0) is 28.2. The highest BCUT2D eigenvalue weighted by Crippen LogP contribution is 2.34. The van der Waals surface area contributed by atoms with Gasteiger partial charge < -0.3 is 10.2 Å². The van der Waals surface area contributed by atoms with Gasteiger partial charge in [0, 0.05) is 72.1 Å². The number of nitrogens with one attached hydrogen (secondary N) is 1. The summed E-state index contributed by atoms with van der Waals surface area (Å²) in [6.45, 7) is 11.2. The Morgan fingerprint density at radius 3 is 2.58 bits per heavy atom. The molecule has 5 rings (SSSR count). The van der Waals surface area contributed by atoms with Crippen molar-refractivity contribution < 1.29 is 9.18 Å². The van der Waals surface area contributed by atoms with Crippen LogP contribution >= 0.6 is 11.8 Å². The second kappa shape index (κ2) is 12.2. The number of hydrogen-bond donors (Lipinski definition) is 1. The van der Waals surface area contributed by atoms with Crippen molar-refractivity contribution >= 4 is 52.4 Å². The molecule has 6 nitrogen and oxygen atoms in total. The number of hydrogen-bond acceptors (Lipinski definition) is 6. The molecule has 0 spiro atoms. The van der Waals surface area contributed by atoms with Crippen molar-refractivity contribution in [1.29, 1.82) is 0 Å². The van der Waals surface area contributed by atoms with Crippen molar-refractivity contribution in [3.63, 3.8) is 0 Å². The standard InChI is InChI=1S/C32H34FN5OS/c1-21(2)32(39)38-15-13-37(14-16-38)20-22-5-8-25(27(33)17-22)23-6-9-28-26(18-23)29(11-12-35-28)36-24-7-10-31(40-4)30(19-24)34-3/h5-12,17-19,21H,3,13-16,20H2,1-2,4H3,(H,35,36). The van der Waals surface area contributed by atoms with Gasteiger partial charge in [0.25, 0.3) is 0 Å². The summed E-state index contributed by atoms with van der Waals surface area (Å²) in [5.41, 5.74) is 5.69. The van der Waals surface area contributed by atoms with E-state index in [1.807, 2.05) is 79.6 Å². The van der Waals surface area contributed by atoms with Gasteiger partial charge >= 0.3 is 0 Å². The van der Waals surface area contributed by atoms with Crippen LogP contribution in [0.2, 0.25) is 0 Å². The zero-order valence-corrected chi connectivity index (χ0v) is 24.0. The summed E-state index contributed by atoms with van der Waals surface area (Å²) in [5, 5.41) is 4.38. The van der Waals surface area contributed by atoms with E-state index in [4.69, 9.17) is 0 Å². The zero-order valence-electron chi connectivity index (χ0n) is 23.2. The van der Waals surface area contributed by atoms with Crippen LogP contribution in [0.15, 0.2) is 76.7 Å². The number of carbonyl (C=O) groups is 1. The average Bonchev–Trinajstić information content (AvgIpc) is 2.97. The lowest BCUT2D eigenvalue weighted by Crippen LogP contribution is -2.49. The van der Waals surface area contributed by atoms with Crippen LogP contribution in [-0.2, 0) is 11.3 Å². The third kappa shape index (κ3) is 6.03. The van der Waals surface area contributed by atoms with Crippen molar-refractivity contribution in [2.24, 2.45) is 10.9 Å². The van der Waals surface area contributed by atoms with Crippen LogP contribution in [0.4, 0.5) is 21.5 Å². The minimum atomic E-state index is -0.252. The van der Waals surface area contributed by atoms with E-state index < -0.39 is 0 Å². The molecule has 4 aromatic rings. The van der Waals surface area contributed by atoms with E-state index in [1.165, 1.54) is 0 Å². The molecule has 1 fully saturated rings. The molecule has 1 amide bonds. The summed E-state index contributed by atoms with van der Waals surface area (Å²) >= 11 is 1.63. The van der Waals surface area contributed by atoms with Crippen molar-refractivity contribution in [2.45, 2.75) is 25.3 Å². The Morgan fingerprint density at radius 2 is 1.88 bits per heavy atom. The highest BCUT2D eigenvalue weighted by Gasteiger charge is 2.23. The predicted molar refractivity (Wildman–Crippen MR) is 165 cm³/mol. The van der Waals surface area contributed by atoms with E-state index in [0.29, 0.717) is 25.2 Å². The van der Waals surface area contributed by atoms with Gasteiger partial charge in [-0.05, 0) is 66.6 Å². The van der Waals surface area contributed by atoms with Crippen molar-refractivity contribution in [1.82, 2.24) is 14.8 Å². The molecule has 3 aromatic carbocycles. The highest BCUT2D eigenvalue weighted by molar-refractivity contribution is 7.98.